The summed E-state index contributed by atoms with van der Waals surface area (Å²) in [5, 5.41) is 17.8. The van der Waals surface area contributed by atoms with Gasteiger partial charge < -0.3 is 10.2 Å². The number of rotatable bonds is 8. The van der Waals surface area contributed by atoms with Gasteiger partial charge in [0.15, 0.2) is 0 Å². The number of aromatic hydroxyl groups is 2. The zero-order chi connectivity index (χ0) is 16.8. The Morgan fingerprint density at radius 1 is 0.609 bits per heavy atom. The summed E-state index contributed by atoms with van der Waals surface area (Å²) in [6.07, 6.45) is 10.6. The van der Waals surface area contributed by atoms with Crippen LogP contribution in [0.1, 0.15) is 57.4 Å². The zero-order valence-electron chi connectivity index (χ0n) is 14.2. The molecule has 0 atom stereocenters. The van der Waals surface area contributed by atoms with Gasteiger partial charge in [-0.15, -0.1) is 0 Å². The van der Waals surface area contributed by atoms with E-state index in [-0.39, 0.29) is 0 Å². The van der Waals surface area contributed by atoms with Crippen molar-refractivity contribution < 1.29 is 10.2 Å². The van der Waals surface area contributed by atoms with Crippen molar-refractivity contribution in [2.45, 2.75) is 58.3 Å². The number of benzene rings is 2. The van der Waals surface area contributed by atoms with Crippen molar-refractivity contribution in [1.29, 1.82) is 0 Å². The molecule has 2 aromatic rings. The number of hydrogen-bond acceptors (Lipinski definition) is 2. The largest absolute Gasteiger partial charge is 0.508 e. The number of aryl methyl sites for hydroxylation is 1. The number of phenolic OH excluding ortho intramolecular Hbond substituents is 2. The summed E-state index contributed by atoms with van der Waals surface area (Å²) in [4.78, 5) is 0. The maximum absolute atomic E-state index is 9.15. The molecule has 2 N–H and O–H groups in total. The van der Waals surface area contributed by atoms with Gasteiger partial charge in [-0.05, 0) is 42.7 Å². The fourth-order valence-electron chi connectivity index (χ4n) is 2.38. The van der Waals surface area contributed by atoms with Crippen molar-refractivity contribution >= 4 is 0 Å². The molecule has 0 fully saturated rings. The lowest BCUT2D eigenvalue weighted by Crippen LogP contribution is -1.85. The van der Waals surface area contributed by atoms with E-state index in [4.69, 9.17) is 10.2 Å². The Labute approximate surface area is 140 Å². The molecule has 2 aromatic carbocycles. The van der Waals surface area contributed by atoms with Gasteiger partial charge in [-0.2, -0.15) is 0 Å². The molecule has 0 spiro atoms. The average Bonchev–Trinajstić information content (AvgIpc) is 2.57. The second-order valence-corrected chi connectivity index (χ2v) is 5.87. The summed E-state index contributed by atoms with van der Waals surface area (Å²) in [5.41, 5.74) is 1.34. The monoisotopic (exact) mass is 314 g/mol. The van der Waals surface area contributed by atoms with Crippen molar-refractivity contribution in [2.24, 2.45) is 0 Å². The van der Waals surface area contributed by atoms with E-state index in [0.29, 0.717) is 11.5 Å². The first-order valence-electron chi connectivity index (χ1n) is 8.74. The fraction of sp³-hybridized carbons (Fsp3) is 0.429. The average molecular weight is 314 g/mol. The summed E-state index contributed by atoms with van der Waals surface area (Å²) in [6, 6.07) is 16.3. The first-order chi connectivity index (χ1) is 11.2. The Morgan fingerprint density at radius 3 is 1.65 bits per heavy atom. The Hall–Kier alpha value is -1.96. The van der Waals surface area contributed by atoms with E-state index in [2.05, 4.69) is 6.92 Å². The number of unbranched alkanes of at least 4 members (excludes halogenated alkanes) is 6. The van der Waals surface area contributed by atoms with Crippen LogP contribution in [0.15, 0.2) is 54.6 Å². The van der Waals surface area contributed by atoms with Crippen LogP contribution in [-0.4, -0.2) is 10.2 Å². The summed E-state index contributed by atoms with van der Waals surface area (Å²) < 4.78 is 0. The van der Waals surface area contributed by atoms with Crippen LogP contribution in [0.2, 0.25) is 0 Å². The highest BCUT2D eigenvalue weighted by Crippen LogP contribution is 2.13. The second-order valence-electron chi connectivity index (χ2n) is 5.87. The molecule has 0 saturated heterocycles. The lowest BCUT2D eigenvalue weighted by molar-refractivity contribution is 0.474. The van der Waals surface area contributed by atoms with Crippen LogP contribution in [0, 0.1) is 0 Å². The Morgan fingerprint density at radius 2 is 1.13 bits per heavy atom. The van der Waals surface area contributed by atoms with Gasteiger partial charge in [0.2, 0.25) is 0 Å². The molecule has 0 radical (unpaired) electrons. The van der Waals surface area contributed by atoms with Gasteiger partial charge in [0.1, 0.15) is 11.5 Å². The predicted molar refractivity (Wildman–Crippen MR) is 97.9 cm³/mol. The molecule has 0 aromatic heterocycles. The van der Waals surface area contributed by atoms with E-state index in [1.165, 1.54) is 50.5 Å². The van der Waals surface area contributed by atoms with Crippen molar-refractivity contribution in [1.82, 2.24) is 0 Å². The zero-order valence-corrected chi connectivity index (χ0v) is 14.2. The number of hydrogen-bond donors (Lipinski definition) is 2. The van der Waals surface area contributed by atoms with Gasteiger partial charge >= 0.3 is 0 Å². The highest BCUT2D eigenvalue weighted by atomic mass is 16.3. The molecular weight excluding hydrogens is 284 g/mol. The van der Waals surface area contributed by atoms with Gasteiger partial charge in [0.05, 0.1) is 0 Å². The lowest BCUT2D eigenvalue weighted by atomic mass is 10.0. The van der Waals surface area contributed by atoms with Crippen LogP contribution in [0.5, 0.6) is 11.5 Å². The topological polar surface area (TPSA) is 40.5 Å². The van der Waals surface area contributed by atoms with E-state index in [0.717, 1.165) is 6.42 Å². The summed E-state index contributed by atoms with van der Waals surface area (Å²) >= 11 is 0. The molecular formula is C21H30O2. The Bertz CT molecular complexity index is 491. The van der Waals surface area contributed by atoms with Crippen LogP contribution < -0.4 is 0 Å². The summed E-state index contributed by atoms with van der Waals surface area (Å²) in [6.45, 7) is 2.25. The maximum Gasteiger partial charge on any atom is 0.115 e. The molecule has 126 valence electrons. The second kappa shape index (κ2) is 12.6. The van der Waals surface area contributed by atoms with Crippen LogP contribution in [0.25, 0.3) is 0 Å². The minimum Gasteiger partial charge on any atom is -0.508 e. The number of para-hydroxylation sites is 1. The standard InChI is InChI=1S/C15H24O.C6H6O/c1-2-3-4-5-6-7-8-9-14-10-12-15(16)13-11-14;7-6-4-2-1-3-5-6/h10-13,16H,2-9H2,1H3;1-5,7H. The normalized spacial score (nSPS) is 9.96. The van der Waals surface area contributed by atoms with Crippen molar-refractivity contribution in [2.75, 3.05) is 0 Å². The van der Waals surface area contributed by atoms with E-state index >= 15 is 0 Å². The van der Waals surface area contributed by atoms with Gasteiger partial charge in [0, 0.05) is 0 Å². The van der Waals surface area contributed by atoms with Gasteiger partial charge in [0.25, 0.3) is 0 Å². The third-order valence-electron chi connectivity index (χ3n) is 3.76. The highest BCUT2D eigenvalue weighted by molar-refractivity contribution is 5.25. The smallest absolute Gasteiger partial charge is 0.115 e. The molecule has 23 heavy (non-hydrogen) atoms. The van der Waals surface area contributed by atoms with E-state index in [9.17, 15) is 0 Å². The molecule has 0 aliphatic rings. The molecule has 0 saturated carbocycles. The molecule has 2 nitrogen and oxygen atoms in total. The van der Waals surface area contributed by atoms with Crippen molar-refractivity contribution in [3.63, 3.8) is 0 Å². The molecule has 0 aliphatic carbocycles. The van der Waals surface area contributed by atoms with Crippen LogP contribution in [0.3, 0.4) is 0 Å². The third-order valence-corrected chi connectivity index (χ3v) is 3.76. The minimum absolute atomic E-state index is 0.322. The third kappa shape index (κ3) is 10.4. The number of phenols is 2. The molecule has 0 unspecified atom stereocenters. The quantitative estimate of drug-likeness (QED) is 0.580. The van der Waals surface area contributed by atoms with Crippen molar-refractivity contribution in [3.05, 3.63) is 60.2 Å². The summed E-state index contributed by atoms with van der Waals surface area (Å²) in [7, 11) is 0. The van der Waals surface area contributed by atoms with Crippen LogP contribution >= 0.6 is 0 Å². The molecule has 0 bridgehead atoms. The van der Waals surface area contributed by atoms with Gasteiger partial charge in [-0.3, -0.25) is 0 Å². The highest BCUT2D eigenvalue weighted by Gasteiger charge is 1.94. The molecule has 0 heterocycles. The molecule has 0 amide bonds. The SMILES string of the molecule is CCCCCCCCCc1ccc(O)cc1.Oc1ccccc1. The molecule has 2 rings (SSSR count). The Kier molecular flexibility index (Phi) is 10.4. The molecule has 0 aliphatic heterocycles. The fourth-order valence-corrected chi connectivity index (χ4v) is 2.38. The first-order valence-corrected chi connectivity index (χ1v) is 8.74. The first kappa shape index (κ1) is 19.1. The van der Waals surface area contributed by atoms with Gasteiger partial charge in [-0.25, -0.2) is 0 Å². The van der Waals surface area contributed by atoms with Crippen LogP contribution in [-0.2, 0) is 6.42 Å². The maximum atomic E-state index is 9.15. The van der Waals surface area contributed by atoms with E-state index in [1.807, 2.05) is 18.2 Å². The van der Waals surface area contributed by atoms with E-state index < -0.39 is 0 Å². The van der Waals surface area contributed by atoms with Crippen LogP contribution in [0.4, 0.5) is 0 Å². The summed E-state index contributed by atoms with van der Waals surface area (Å²) in [5.74, 6) is 0.686. The Balaban J connectivity index is 0.000000313. The lowest BCUT2D eigenvalue weighted by Gasteiger charge is -2.02. The van der Waals surface area contributed by atoms with E-state index in [1.54, 1.807) is 36.4 Å². The predicted octanol–water partition coefficient (Wildman–Crippen LogP) is 6.08. The van der Waals surface area contributed by atoms with Crippen molar-refractivity contribution in [3.8, 4) is 11.5 Å². The minimum atomic E-state index is 0.322. The van der Waals surface area contributed by atoms with Gasteiger partial charge in [-0.1, -0.05) is 75.8 Å². The molecule has 2 heteroatoms.